The number of benzene rings is 3. The first kappa shape index (κ1) is 22.7. The monoisotopic (exact) mass is 409 g/mol. The van der Waals surface area contributed by atoms with Gasteiger partial charge in [0.2, 0.25) is 0 Å². The molecule has 0 bridgehead atoms. The number of ketones is 1. The average molecular weight is 410 g/mol. The third-order valence-electron chi connectivity index (χ3n) is 5.44. The minimum Gasteiger partial charge on any atom is -0.496 e. The molecule has 0 aliphatic heterocycles. The van der Waals surface area contributed by atoms with Crippen molar-refractivity contribution >= 4 is 18.2 Å². The van der Waals surface area contributed by atoms with Gasteiger partial charge in [-0.3, -0.25) is 4.79 Å². The number of aryl methyl sites for hydroxylation is 1. The van der Waals surface area contributed by atoms with Crippen LogP contribution < -0.4 is 10.5 Å². The van der Waals surface area contributed by atoms with E-state index in [1.54, 1.807) is 7.11 Å². The van der Waals surface area contributed by atoms with Crippen molar-refractivity contribution in [2.24, 2.45) is 11.1 Å². The number of ether oxygens (including phenoxy) is 1. The van der Waals surface area contributed by atoms with Gasteiger partial charge in [0.1, 0.15) is 5.75 Å². The summed E-state index contributed by atoms with van der Waals surface area (Å²) >= 11 is 0. The second-order valence-electron chi connectivity index (χ2n) is 7.41. The number of carbonyl (C=O) groups is 1. The molecule has 0 amide bonds. The predicted octanol–water partition coefficient (Wildman–Crippen LogP) is 5.41. The summed E-state index contributed by atoms with van der Waals surface area (Å²) < 4.78 is 5.65. The van der Waals surface area contributed by atoms with E-state index in [1.807, 2.05) is 67.6 Å². The van der Waals surface area contributed by atoms with E-state index in [0.717, 1.165) is 22.4 Å². The Hall–Kier alpha value is -2.62. The van der Waals surface area contributed by atoms with Crippen LogP contribution in [-0.2, 0) is 0 Å². The number of rotatable bonds is 7. The molecule has 2 N–H and O–H groups in total. The zero-order chi connectivity index (χ0) is 20.1. The van der Waals surface area contributed by atoms with Crippen LogP contribution in [0, 0.1) is 12.3 Å². The van der Waals surface area contributed by atoms with E-state index in [0.29, 0.717) is 5.56 Å². The van der Waals surface area contributed by atoms with Crippen molar-refractivity contribution in [3.63, 3.8) is 0 Å². The van der Waals surface area contributed by atoms with E-state index < -0.39 is 5.41 Å². The highest BCUT2D eigenvalue weighted by Gasteiger charge is 2.43. The highest BCUT2D eigenvalue weighted by molar-refractivity contribution is 6.01. The molecule has 152 valence electrons. The lowest BCUT2D eigenvalue weighted by Gasteiger charge is -2.37. The van der Waals surface area contributed by atoms with Crippen LogP contribution in [0.3, 0.4) is 0 Å². The lowest BCUT2D eigenvalue weighted by Crippen LogP contribution is -2.42. The maximum atomic E-state index is 13.6. The van der Waals surface area contributed by atoms with Crippen LogP contribution >= 0.6 is 12.4 Å². The fourth-order valence-electron chi connectivity index (χ4n) is 3.91. The summed E-state index contributed by atoms with van der Waals surface area (Å²) in [7, 11) is 1.66. The normalized spacial score (nSPS) is 13.7. The van der Waals surface area contributed by atoms with E-state index >= 15 is 0 Å². The van der Waals surface area contributed by atoms with Crippen molar-refractivity contribution in [1.82, 2.24) is 0 Å². The van der Waals surface area contributed by atoms with Gasteiger partial charge in [-0.25, -0.2) is 0 Å². The highest BCUT2D eigenvalue weighted by Crippen LogP contribution is 2.46. The van der Waals surface area contributed by atoms with Crippen LogP contribution in [0.5, 0.6) is 5.75 Å². The van der Waals surface area contributed by atoms with Gasteiger partial charge in [-0.05, 0) is 18.6 Å². The molecule has 3 nitrogen and oxygen atoms in total. The number of hydrogen-bond acceptors (Lipinski definition) is 3. The minimum atomic E-state index is -0.830. The minimum absolute atomic E-state index is 0. The molecule has 0 radical (unpaired) electrons. The Bertz CT molecular complexity index is 958. The molecule has 0 aromatic heterocycles. The van der Waals surface area contributed by atoms with Crippen molar-refractivity contribution in [2.75, 3.05) is 13.7 Å². The SMILES string of the molecule is COc1ccccc1C(c1cccc(C)c1)C(C)(CN)C(=O)c1ccccc1.Cl. The van der Waals surface area contributed by atoms with Crippen LogP contribution in [0.15, 0.2) is 78.9 Å². The Morgan fingerprint density at radius 1 is 1.00 bits per heavy atom. The van der Waals surface area contributed by atoms with Crippen LogP contribution in [0.4, 0.5) is 0 Å². The smallest absolute Gasteiger partial charge is 0.170 e. The summed E-state index contributed by atoms with van der Waals surface area (Å²) in [4.78, 5) is 13.6. The summed E-state index contributed by atoms with van der Waals surface area (Å²) in [5.74, 6) is 0.559. The Kier molecular flexibility index (Phi) is 7.60. The summed E-state index contributed by atoms with van der Waals surface area (Å²) in [6.07, 6.45) is 0. The Labute approximate surface area is 179 Å². The Morgan fingerprint density at radius 2 is 1.66 bits per heavy atom. The van der Waals surface area contributed by atoms with Crippen LogP contribution in [0.1, 0.15) is 39.9 Å². The number of Topliss-reactive ketones (excluding diaryl/α,β-unsaturated/α-hetero) is 1. The van der Waals surface area contributed by atoms with Crippen molar-refractivity contribution in [1.29, 1.82) is 0 Å². The van der Waals surface area contributed by atoms with Gasteiger partial charge in [0, 0.05) is 23.6 Å². The summed E-state index contributed by atoms with van der Waals surface area (Å²) in [5.41, 5.74) is 9.29. The van der Waals surface area contributed by atoms with Crippen LogP contribution in [0.25, 0.3) is 0 Å². The topological polar surface area (TPSA) is 52.3 Å². The molecule has 2 atom stereocenters. The van der Waals surface area contributed by atoms with Gasteiger partial charge in [-0.2, -0.15) is 0 Å². The van der Waals surface area contributed by atoms with Gasteiger partial charge in [0.25, 0.3) is 0 Å². The summed E-state index contributed by atoms with van der Waals surface area (Å²) in [6, 6.07) is 25.5. The number of methoxy groups -OCH3 is 1. The van der Waals surface area contributed by atoms with Crippen molar-refractivity contribution in [3.05, 3.63) is 101 Å². The molecule has 0 aliphatic carbocycles. The molecular weight excluding hydrogens is 382 g/mol. The van der Waals surface area contributed by atoms with Crippen molar-refractivity contribution in [3.8, 4) is 5.75 Å². The average Bonchev–Trinajstić information content (AvgIpc) is 2.74. The molecule has 0 heterocycles. The first-order valence-electron chi connectivity index (χ1n) is 9.50. The molecule has 0 aliphatic rings. The Morgan fingerprint density at radius 3 is 2.28 bits per heavy atom. The molecule has 0 spiro atoms. The van der Waals surface area contributed by atoms with Crippen LogP contribution in [0.2, 0.25) is 0 Å². The maximum Gasteiger partial charge on any atom is 0.170 e. The largest absolute Gasteiger partial charge is 0.496 e. The second kappa shape index (κ2) is 9.73. The van der Waals surface area contributed by atoms with Crippen molar-refractivity contribution in [2.45, 2.75) is 19.8 Å². The fraction of sp³-hybridized carbons (Fsp3) is 0.240. The molecular formula is C25H28ClNO2. The zero-order valence-corrected chi connectivity index (χ0v) is 17.9. The lowest BCUT2D eigenvalue weighted by atomic mass is 9.66. The summed E-state index contributed by atoms with van der Waals surface area (Å²) in [5, 5.41) is 0. The second-order valence-corrected chi connectivity index (χ2v) is 7.41. The van der Waals surface area contributed by atoms with E-state index in [-0.39, 0.29) is 30.7 Å². The van der Waals surface area contributed by atoms with Gasteiger partial charge >= 0.3 is 0 Å². The Balaban J connectivity index is 0.00000300. The third-order valence-corrected chi connectivity index (χ3v) is 5.44. The first-order valence-corrected chi connectivity index (χ1v) is 9.50. The number of hydrogen-bond donors (Lipinski definition) is 1. The molecule has 3 aromatic carbocycles. The summed E-state index contributed by atoms with van der Waals surface area (Å²) in [6.45, 7) is 4.24. The molecule has 0 saturated carbocycles. The molecule has 3 rings (SSSR count). The van der Waals surface area contributed by atoms with Gasteiger partial charge in [0.05, 0.1) is 12.5 Å². The standard InChI is InChI=1S/C25H27NO2.ClH/c1-18-10-9-13-20(16-18)23(21-14-7-8-15-22(21)28-3)25(2,17-26)24(27)19-11-5-4-6-12-19;/h4-16,23H,17,26H2,1-3H3;1H. The number of halogens is 1. The fourth-order valence-corrected chi connectivity index (χ4v) is 3.91. The van der Waals surface area contributed by atoms with E-state index in [1.165, 1.54) is 0 Å². The maximum absolute atomic E-state index is 13.6. The predicted molar refractivity (Wildman–Crippen MR) is 121 cm³/mol. The van der Waals surface area contributed by atoms with Gasteiger partial charge < -0.3 is 10.5 Å². The quantitative estimate of drug-likeness (QED) is 0.531. The van der Waals surface area contributed by atoms with Crippen LogP contribution in [-0.4, -0.2) is 19.4 Å². The van der Waals surface area contributed by atoms with Gasteiger partial charge in [0.15, 0.2) is 5.78 Å². The van der Waals surface area contributed by atoms with E-state index in [9.17, 15) is 4.79 Å². The molecule has 3 aromatic rings. The first-order chi connectivity index (χ1) is 13.5. The van der Waals surface area contributed by atoms with Crippen molar-refractivity contribution < 1.29 is 9.53 Å². The number of para-hydroxylation sites is 1. The lowest BCUT2D eigenvalue weighted by molar-refractivity contribution is 0.0801. The molecule has 0 fully saturated rings. The number of nitrogens with two attached hydrogens (primary N) is 1. The van der Waals surface area contributed by atoms with E-state index in [2.05, 4.69) is 25.1 Å². The van der Waals surface area contributed by atoms with E-state index in [4.69, 9.17) is 10.5 Å². The molecule has 29 heavy (non-hydrogen) atoms. The molecule has 0 saturated heterocycles. The molecule has 2 unspecified atom stereocenters. The number of carbonyl (C=O) groups excluding carboxylic acids is 1. The third kappa shape index (κ3) is 4.52. The van der Waals surface area contributed by atoms with Gasteiger partial charge in [-0.15, -0.1) is 12.4 Å². The highest BCUT2D eigenvalue weighted by atomic mass is 35.5. The zero-order valence-electron chi connectivity index (χ0n) is 17.1. The molecule has 4 heteroatoms. The van der Waals surface area contributed by atoms with Gasteiger partial charge in [-0.1, -0.05) is 85.3 Å².